The molecule has 0 radical (unpaired) electrons. The molecular weight excluding hydrogens is 446 g/mol. The molecule has 1 atom stereocenters. The summed E-state index contributed by atoms with van der Waals surface area (Å²) in [5.41, 5.74) is 0.618. The zero-order valence-electron chi connectivity index (χ0n) is 19.5. The maximum absolute atomic E-state index is 11.6. The van der Waals surface area contributed by atoms with E-state index >= 15 is 0 Å². The van der Waals surface area contributed by atoms with Crippen LogP contribution in [0.2, 0.25) is 0 Å². The molecule has 186 valence electrons. The Balaban J connectivity index is 1.50. The zero-order chi connectivity index (χ0) is 24.5. The number of aryl methyl sites for hydroxylation is 1. The summed E-state index contributed by atoms with van der Waals surface area (Å²) >= 11 is 0. The quantitative estimate of drug-likeness (QED) is 0.430. The van der Waals surface area contributed by atoms with Crippen LogP contribution < -0.4 is 14.8 Å². The molecule has 12 heteroatoms. The third-order valence-corrected chi connectivity index (χ3v) is 4.82. The first kappa shape index (κ1) is 25.4. The summed E-state index contributed by atoms with van der Waals surface area (Å²) in [4.78, 5) is 29.5. The Hall–Kier alpha value is -3.22. The Morgan fingerprint density at radius 2 is 1.97 bits per heavy atom. The molecule has 3 N–H and O–H groups in total. The molecule has 0 aliphatic carbocycles. The lowest BCUT2D eigenvalue weighted by atomic mass is 10.1. The van der Waals surface area contributed by atoms with Crippen LogP contribution in [-0.2, 0) is 9.57 Å². The second-order valence-electron chi connectivity index (χ2n) is 8.05. The van der Waals surface area contributed by atoms with Gasteiger partial charge < -0.3 is 34.6 Å². The van der Waals surface area contributed by atoms with Crippen molar-refractivity contribution >= 4 is 12.0 Å². The SMILES string of the molecule is Cc1nc(NCC(O)CO)ccc1Oc1cc(OC2CCN(OC(=O)OC(C)C)CC2)ncn1. The largest absolute Gasteiger partial charge is 0.528 e. The predicted molar refractivity (Wildman–Crippen MR) is 121 cm³/mol. The summed E-state index contributed by atoms with van der Waals surface area (Å²) in [5, 5.41) is 22.8. The molecule has 3 heterocycles. The molecule has 0 spiro atoms. The number of aliphatic hydroxyl groups excluding tert-OH is 2. The van der Waals surface area contributed by atoms with Gasteiger partial charge in [0.2, 0.25) is 11.8 Å². The van der Waals surface area contributed by atoms with E-state index in [2.05, 4.69) is 20.3 Å². The van der Waals surface area contributed by atoms with E-state index in [-0.39, 0.29) is 25.4 Å². The summed E-state index contributed by atoms with van der Waals surface area (Å²) in [7, 11) is 0. The van der Waals surface area contributed by atoms with Gasteiger partial charge in [-0.15, -0.1) is 5.06 Å². The minimum atomic E-state index is -0.862. The molecule has 0 bridgehead atoms. The summed E-state index contributed by atoms with van der Waals surface area (Å²) in [6, 6.07) is 5.04. The number of rotatable bonds is 10. The van der Waals surface area contributed by atoms with Crippen molar-refractivity contribution in [3.8, 4) is 17.5 Å². The maximum atomic E-state index is 11.6. The van der Waals surface area contributed by atoms with Crippen LogP contribution in [0.15, 0.2) is 24.5 Å². The number of nitrogens with zero attached hydrogens (tertiary/aromatic N) is 4. The number of aliphatic hydroxyl groups is 2. The lowest BCUT2D eigenvalue weighted by Gasteiger charge is -2.30. The van der Waals surface area contributed by atoms with Crippen LogP contribution in [0.5, 0.6) is 17.5 Å². The Kier molecular flexibility index (Phi) is 9.19. The van der Waals surface area contributed by atoms with Crippen molar-refractivity contribution in [2.75, 3.05) is 31.6 Å². The van der Waals surface area contributed by atoms with E-state index in [4.69, 9.17) is 24.2 Å². The van der Waals surface area contributed by atoms with Crippen LogP contribution in [0, 0.1) is 6.92 Å². The number of pyridine rings is 1. The number of hydrogen-bond acceptors (Lipinski definition) is 12. The van der Waals surface area contributed by atoms with Gasteiger partial charge in [-0.25, -0.2) is 19.7 Å². The van der Waals surface area contributed by atoms with E-state index in [0.29, 0.717) is 55.0 Å². The number of hydroxylamine groups is 2. The molecule has 1 aliphatic heterocycles. The number of carbonyl (C=O) groups excluding carboxylic acids is 1. The van der Waals surface area contributed by atoms with Gasteiger partial charge >= 0.3 is 6.16 Å². The number of nitrogens with one attached hydrogen (secondary N) is 1. The third kappa shape index (κ3) is 7.97. The van der Waals surface area contributed by atoms with Crippen LogP contribution in [-0.4, -0.2) is 80.9 Å². The Labute approximate surface area is 197 Å². The Bertz CT molecular complexity index is 938. The summed E-state index contributed by atoms with van der Waals surface area (Å²) in [5.74, 6) is 1.75. The number of anilines is 1. The molecule has 2 aromatic rings. The standard InChI is InChI=1S/C22H31N5O7/c1-14(2)31-22(30)34-27-8-6-17(7-9-27)32-20-10-21(25-13-24-20)33-18-4-5-19(26-15(18)3)23-11-16(29)12-28/h4-5,10,13-14,16-17,28-29H,6-9,11-12H2,1-3H3,(H,23,26). The van der Waals surface area contributed by atoms with Crippen LogP contribution in [0.1, 0.15) is 32.4 Å². The van der Waals surface area contributed by atoms with Crippen molar-refractivity contribution in [3.05, 3.63) is 30.2 Å². The summed E-state index contributed by atoms with van der Waals surface area (Å²) in [6.07, 6.45) is 0.769. The second-order valence-corrected chi connectivity index (χ2v) is 8.05. The molecule has 1 fully saturated rings. The number of hydrogen-bond donors (Lipinski definition) is 3. The van der Waals surface area contributed by atoms with Crippen molar-refractivity contribution in [1.82, 2.24) is 20.0 Å². The van der Waals surface area contributed by atoms with Gasteiger partial charge in [-0.1, -0.05) is 0 Å². The highest BCUT2D eigenvalue weighted by atomic mass is 16.8. The van der Waals surface area contributed by atoms with Gasteiger partial charge in [0.1, 0.15) is 18.2 Å². The molecule has 0 saturated carbocycles. The molecule has 0 amide bonds. The first-order valence-electron chi connectivity index (χ1n) is 11.1. The van der Waals surface area contributed by atoms with Crippen molar-refractivity contribution in [2.24, 2.45) is 0 Å². The predicted octanol–water partition coefficient (Wildman–Crippen LogP) is 2.06. The van der Waals surface area contributed by atoms with Gasteiger partial charge in [-0.2, -0.15) is 0 Å². The highest BCUT2D eigenvalue weighted by Crippen LogP contribution is 2.26. The van der Waals surface area contributed by atoms with Crippen molar-refractivity contribution in [1.29, 1.82) is 0 Å². The van der Waals surface area contributed by atoms with Crippen molar-refractivity contribution in [3.63, 3.8) is 0 Å². The fraction of sp³-hybridized carbons (Fsp3) is 0.545. The van der Waals surface area contributed by atoms with E-state index in [0.717, 1.165) is 0 Å². The maximum Gasteiger partial charge on any atom is 0.528 e. The van der Waals surface area contributed by atoms with Gasteiger partial charge in [-0.05, 0) is 32.9 Å². The van der Waals surface area contributed by atoms with Crippen LogP contribution in [0.25, 0.3) is 0 Å². The monoisotopic (exact) mass is 477 g/mol. The Morgan fingerprint density at radius 3 is 2.65 bits per heavy atom. The molecule has 34 heavy (non-hydrogen) atoms. The van der Waals surface area contributed by atoms with Gasteiger partial charge in [0, 0.05) is 32.5 Å². The normalized spacial score (nSPS) is 15.6. The fourth-order valence-electron chi connectivity index (χ4n) is 3.13. The van der Waals surface area contributed by atoms with Gasteiger partial charge in [0.25, 0.3) is 0 Å². The van der Waals surface area contributed by atoms with Crippen LogP contribution >= 0.6 is 0 Å². The fourth-order valence-corrected chi connectivity index (χ4v) is 3.13. The minimum Gasteiger partial charge on any atom is -0.474 e. The van der Waals surface area contributed by atoms with E-state index in [1.54, 1.807) is 44.0 Å². The number of ether oxygens (including phenoxy) is 3. The average molecular weight is 478 g/mol. The smallest absolute Gasteiger partial charge is 0.474 e. The highest BCUT2D eigenvalue weighted by molar-refractivity contribution is 5.59. The van der Waals surface area contributed by atoms with Gasteiger partial charge in [0.15, 0.2) is 5.75 Å². The van der Waals surface area contributed by atoms with Crippen molar-refractivity contribution < 1.29 is 34.1 Å². The van der Waals surface area contributed by atoms with Gasteiger partial charge in [-0.3, -0.25) is 0 Å². The molecule has 12 nitrogen and oxygen atoms in total. The number of carbonyl (C=O) groups is 1. The summed E-state index contributed by atoms with van der Waals surface area (Å²) in [6.45, 7) is 6.21. The molecule has 1 saturated heterocycles. The van der Waals surface area contributed by atoms with E-state index in [1.165, 1.54) is 6.33 Å². The minimum absolute atomic E-state index is 0.0910. The topological polar surface area (TPSA) is 148 Å². The lowest BCUT2D eigenvalue weighted by Crippen LogP contribution is -2.40. The van der Waals surface area contributed by atoms with E-state index in [1.807, 2.05) is 0 Å². The molecule has 1 unspecified atom stereocenters. The van der Waals surface area contributed by atoms with Crippen LogP contribution in [0.4, 0.5) is 10.6 Å². The highest BCUT2D eigenvalue weighted by Gasteiger charge is 2.24. The second kappa shape index (κ2) is 12.3. The number of aromatic nitrogens is 3. The Morgan fingerprint density at radius 1 is 1.24 bits per heavy atom. The van der Waals surface area contributed by atoms with E-state index < -0.39 is 12.3 Å². The average Bonchev–Trinajstić information content (AvgIpc) is 2.80. The molecular formula is C22H31N5O7. The lowest BCUT2D eigenvalue weighted by molar-refractivity contribution is -0.151. The molecule has 1 aliphatic rings. The first-order chi connectivity index (χ1) is 16.3. The van der Waals surface area contributed by atoms with Gasteiger partial charge in [0.05, 0.1) is 30.6 Å². The molecule has 0 aromatic carbocycles. The zero-order valence-corrected chi connectivity index (χ0v) is 19.5. The summed E-state index contributed by atoms with van der Waals surface area (Å²) < 4.78 is 16.8. The first-order valence-corrected chi connectivity index (χ1v) is 11.1. The van der Waals surface area contributed by atoms with Crippen LogP contribution in [0.3, 0.4) is 0 Å². The number of piperidine rings is 1. The van der Waals surface area contributed by atoms with Crippen molar-refractivity contribution in [2.45, 2.75) is 51.9 Å². The molecule has 3 rings (SSSR count). The van der Waals surface area contributed by atoms with E-state index in [9.17, 15) is 9.90 Å². The molecule has 2 aromatic heterocycles. The third-order valence-electron chi connectivity index (χ3n) is 4.82.